The summed E-state index contributed by atoms with van der Waals surface area (Å²) < 4.78 is 27.6. The molecule has 0 saturated heterocycles. The predicted octanol–water partition coefficient (Wildman–Crippen LogP) is 2.62. The van der Waals surface area contributed by atoms with Gasteiger partial charge in [-0.1, -0.05) is 0 Å². The molecule has 2 heterocycles. The summed E-state index contributed by atoms with van der Waals surface area (Å²) >= 11 is 2.93. The van der Waals surface area contributed by atoms with E-state index in [1.165, 1.54) is 16.2 Å². The Labute approximate surface area is 127 Å². The molecule has 110 valence electrons. The molecule has 0 spiro atoms. The molecule has 2 aromatic heterocycles. The van der Waals surface area contributed by atoms with Gasteiger partial charge in [0.25, 0.3) is 0 Å². The molecule has 0 unspecified atom stereocenters. The molecule has 0 aromatic carbocycles. The molecule has 2 aromatic rings. The zero-order chi connectivity index (χ0) is 14.8. The van der Waals surface area contributed by atoms with E-state index < -0.39 is 10.0 Å². The number of aryl methyl sites for hydroxylation is 2. The maximum absolute atomic E-state index is 12.3. The molecular formula is C13H18N2O2S3. The van der Waals surface area contributed by atoms with Crippen LogP contribution in [0, 0.1) is 13.8 Å². The van der Waals surface area contributed by atoms with Crippen LogP contribution in [0.15, 0.2) is 22.4 Å². The lowest BCUT2D eigenvalue weighted by Gasteiger charge is -2.02. The first-order valence-corrected chi connectivity index (χ1v) is 9.33. The Balaban J connectivity index is 2.11. The van der Waals surface area contributed by atoms with Gasteiger partial charge in [0.1, 0.15) is 4.21 Å². The molecular weight excluding hydrogens is 312 g/mol. The van der Waals surface area contributed by atoms with Crippen molar-refractivity contribution in [2.24, 2.45) is 0 Å². The van der Waals surface area contributed by atoms with Crippen LogP contribution in [0.4, 0.5) is 0 Å². The highest BCUT2D eigenvalue weighted by atomic mass is 32.2. The number of nitrogens with one attached hydrogen (secondary N) is 2. The number of sulfonamides is 1. The molecule has 0 aliphatic carbocycles. The van der Waals surface area contributed by atoms with Crippen molar-refractivity contribution >= 4 is 32.7 Å². The molecule has 0 aliphatic rings. The Hall–Kier alpha value is -0.730. The second-order valence-electron chi connectivity index (χ2n) is 4.54. The average Bonchev–Trinajstić information content (AvgIpc) is 2.95. The fraction of sp³-hybridized carbons (Fsp3) is 0.385. The third kappa shape index (κ3) is 3.67. The number of hydrogen-bond acceptors (Lipinski definition) is 5. The van der Waals surface area contributed by atoms with Gasteiger partial charge in [-0.2, -0.15) is 0 Å². The number of hydrogen-bond donors (Lipinski definition) is 2. The predicted molar refractivity (Wildman–Crippen MR) is 84.9 cm³/mol. The summed E-state index contributed by atoms with van der Waals surface area (Å²) in [6.45, 7) is 4.98. The Kier molecular flexibility index (Phi) is 4.98. The van der Waals surface area contributed by atoms with Gasteiger partial charge in [0.2, 0.25) is 10.0 Å². The lowest BCUT2D eigenvalue weighted by molar-refractivity contribution is 0.584. The minimum Gasteiger partial charge on any atom is -0.315 e. The van der Waals surface area contributed by atoms with Gasteiger partial charge < -0.3 is 5.32 Å². The van der Waals surface area contributed by atoms with Crippen LogP contribution in [-0.2, 0) is 23.1 Å². The molecule has 0 aliphatic heterocycles. The molecule has 0 saturated carbocycles. The Morgan fingerprint density at radius 3 is 2.50 bits per heavy atom. The van der Waals surface area contributed by atoms with E-state index >= 15 is 0 Å². The third-order valence-electron chi connectivity index (χ3n) is 2.83. The molecule has 20 heavy (non-hydrogen) atoms. The van der Waals surface area contributed by atoms with E-state index in [2.05, 4.69) is 10.0 Å². The lowest BCUT2D eigenvalue weighted by Crippen LogP contribution is -2.21. The van der Waals surface area contributed by atoms with Crippen molar-refractivity contribution < 1.29 is 8.42 Å². The van der Waals surface area contributed by atoms with Crippen LogP contribution in [-0.4, -0.2) is 15.5 Å². The fourth-order valence-corrected chi connectivity index (χ4v) is 5.35. The second kappa shape index (κ2) is 6.36. The molecule has 2 rings (SSSR count). The Morgan fingerprint density at radius 1 is 1.15 bits per heavy atom. The van der Waals surface area contributed by atoms with Crippen molar-refractivity contribution in [3.05, 3.63) is 38.4 Å². The maximum atomic E-state index is 12.3. The van der Waals surface area contributed by atoms with E-state index in [1.54, 1.807) is 17.4 Å². The molecule has 0 radical (unpaired) electrons. The summed E-state index contributed by atoms with van der Waals surface area (Å²) in [6.07, 6.45) is 0. The molecule has 0 bridgehead atoms. The summed E-state index contributed by atoms with van der Waals surface area (Å²) in [7, 11) is -1.57. The van der Waals surface area contributed by atoms with Gasteiger partial charge in [0.05, 0.1) is 0 Å². The van der Waals surface area contributed by atoms with Crippen molar-refractivity contribution in [3.8, 4) is 0 Å². The summed E-state index contributed by atoms with van der Waals surface area (Å²) in [5.41, 5.74) is 1.01. The van der Waals surface area contributed by atoms with Gasteiger partial charge in [0.15, 0.2) is 0 Å². The highest BCUT2D eigenvalue weighted by Crippen LogP contribution is 2.26. The average molecular weight is 331 g/mol. The van der Waals surface area contributed by atoms with Crippen LogP contribution in [0.3, 0.4) is 0 Å². The van der Waals surface area contributed by atoms with Gasteiger partial charge in [-0.25, -0.2) is 13.1 Å². The van der Waals surface area contributed by atoms with Gasteiger partial charge in [-0.05, 0) is 44.7 Å². The summed E-state index contributed by atoms with van der Waals surface area (Å²) in [6, 6.07) is 5.68. The summed E-state index contributed by atoms with van der Waals surface area (Å²) in [5, 5.41) is 3.05. The van der Waals surface area contributed by atoms with Crippen LogP contribution in [0.1, 0.15) is 20.2 Å². The van der Waals surface area contributed by atoms with Gasteiger partial charge in [-0.15, -0.1) is 22.7 Å². The van der Waals surface area contributed by atoms with E-state index in [0.717, 1.165) is 15.3 Å². The van der Waals surface area contributed by atoms with E-state index in [4.69, 9.17) is 0 Å². The van der Waals surface area contributed by atoms with Crippen LogP contribution in [0.2, 0.25) is 0 Å². The van der Waals surface area contributed by atoms with E-state index in [1.807, 2.05) is 33.0 Å². The molecule has 7 heteroatoms. The smallest absolute Gasteiger partial charge is 0.250 e. The van der Waals surface area contributed by atoms with Crippen molar-refractivity contribution in [1.82, 2.24) is 10.0 Å². The van der Waals surface area contributed by atoms with Crippen LogP contribution >= 0.6 is 22.7 Å². The molecule has 4 nitrogen and oxygen atoms in total. The van der Waals surface area contributed by atoms with Gasteiger partial charge in [-0.3, -0.25) is 0 Å². The van der Waals surface area contributed by atoms with E-state index in [-0.39, 0.29) is 0 Å². The molecule has 0 atom stereocenters. The highest BCUT2D eigenvalue weighted by Gasteiger charge is 2.18. The summed E-state index contributed by atoms with van der Waals surface area (Å²) in [5.74, 6) is 0. The summed E-state index contributed by atoms with van der Waals surface area (Å²) in [4.78, 5) is 3.26. The normalized spacial score (nSPS) is 11.9. The zero-order valence-electron chi connectivity index (χ0n) is 11.7. The van der Waals surface area contributed by atoms with Crippen molar-refractivity contribution in [2.45, 2.75) is 31.1 Å². The Morgan fingerprint density at radius 2 is 1.90 bits per heavy atom. The molecule has 0 fully saturated rings. The van der Waals surface area contributed by atoms with Crippen LogP contribution in [0.5, 0.6) is 0 Å². The topological polar surface area (TPSA) is 58.2 Å². The van der Waals surface area contributed by atoms with Crippen LogP contribution < -0.4 is 10.0 Å². The third-order valence-corrected chi connectivity index (χ3v) is 6.95. The quantitative estimate of drug-likeness (QED) is 0.856. The standard InChI is InChI=1S/C13H18N2O2S3/c1-9-6-13(19-12(9)8-14-3)20(16,17)15-7-11-5-4-10(2)18-11/h4-6,14-15H,7-8H2,1-3H3. The SMILES string of the molecule is CNCc1sc(S(=O)(=O)NCc2ccc(C)s2)cc1C. The minimum absolute atomic E-state index is 0.346. The highest BCUT2D eigenvalue weighted by molar-refractivity contribution is 7.91. The van der Waals surface area contributed by atoms with Crippen LogP contribution in [0.25, 0.3) is 0 Å². The minimum atomic E-state index is -3.42. The lowest BCUT2D eigenvalue weighted by atomic mass is 10.3. The number of rotatable bonds is 6. The maximum Gasteiger partial charge on any atom is 0.250 e. The van der Waals surface area contributed by atoms with E-state index in [0.29, 0.717) is 17.3 Å². The van der Waals surface area contributed by atoms with Crippen molar-refractivity contribution in [1.29, 1.82) is 0 Å². The monoisotopic (exact) mass is 330 g/mol. The molecule has 0 amide bonds. The van der Waals surface area contributed by atoms with Gasteiger partial charge in [0, 0.05) is 27.7 Å². The first kappa shape index (κ1) is 15.7. The number of thiophene rings is 2. The second-order valence-corrected chi connectivity index (χ2v) is 9.04. The fourth-order valence-electron chi connectivity index (χ4n) is 1.77. The first-order valence-electron chi connectivity index (χ1n) is 6.21. The molecule has 2 N–H and O–H groups in total. The van der Waals surface area contributed by atoms with E-state index in [9.17, 15) is 8.42 Å². The zero-order valence-corrected chi connectivity index (χ0v) is 14.1. The van der Waals surface area contributed by atoms with Crippen molar-refractivity contribution in [2.75, 3.05) is 7.05 Å². The first-order chi connectivity index (χ1) is 9.42. The largest absolute Gasteiger partial charge is 0.315 e. The van der Waals surface area contributed by atoms with Gasteiger partial charge >= 0.3 is 0 Å². The van der Waals surface area contributed by atoms with Crippen molar-refractivity contribution in [3.63, 3.8) is 0 Å². The Bertz CT molecular complexity index is 686.